The van der Waals surface area contributed by atoms with Crippen molar-refractivity contribution in [2.75, 3.05) is 13.1 Å². The first-order chi connectivity index (χ1) is 12.5. The lowest BCUT2D eigenvalue weighted by Gasteiger charge is -2.26. The van der Waals surface area contributed by atoms with Crippen molar-refractivity contribution in [3.8, 4) is 0 Å². The smallest absolute Gasteiger partial charge is 0.248 e. The van der Waals surface area contributed by atoms with Crippen molar-refractivity contribution in [1.82, 2.24) is 5.32 Å². The number of rotatable bonds is 10. The Kier molecular flexibility index (Phi) is 10.1. The van der Waals surface area contributed by atoms with Crippen LogP contribution >= 0.6 is 12.4 Å². The number of aliphatic hydroxyl groups is 1. The molecule has 0 aliphatic heterocycles. The van der Waals surface area contributed by atoms with E-state index in [1.807, 2.05) is 42.5 Å². The van der Waals surface area contributed by atoms with Gasteiger partial charge in [-0.3, -0.25) is 4.79 Å². The van der Waals surface area contributed by atoms with Crippen molar-refractivity contribution in [3.05, 3.63) is 71.3 Å². The van der Waals surface area contributed by atoms with Crippen LogP contribution in [0.1, 0.15) is 47.7 Å². The number of nitrogens with one attached hydrogen (secondary N) is 1. The predicted octanol–water partition coefficient (Wildman–Crippen LogP) is 3.53. The monoisotopic (exact) mass is 390 g/mol. The molecule has 27 heavy (non-hydrogen) atoms. The van der Waals surface area contributed by atoms with E-state index in [1.165, 1.54) is 0 Å². The summed E-state index contributed by atoms with van der Waals surface area (Å²) in [4.78, 5) is 11.9. The van der Waals surface area contributed by atoms with E-state index in [2.05, 4.69) is 19.2 Å². The molecule has 0 saturated carbocycles. The molecule has 0 bridgehead atoms. The minimum atomic E-state index is -0.608. The lowest BCUT2D eigenvalue weighted by Crippen LogP contribution is -2.34. The first-order valence-electron chi connectivity index (χ1n) is 9.30. The summed E-state index contributed by atoms with van der Waals surface area (Å²) in [6.07, 6.45) is 1.11. The molecule has 2 aromatic rings. The summed E-state index contributed by atoms with van der Waals surface area (Å²) < 4.78 is 0. The van der Waals surface area contributed by atoms with Crippen LogP contribution in [0.4, 0.5) is 0 Å². The van der Waals surface area contributed by atoms with Gasteiger partial charge in [0.25, 0.3) is 0 Å². The zero-order valence-corrected chi connectivity index (χ0v) is 16.9. The Balaban J connectivity index is 0.00000364. The number of benzene rings is 2. The number of primary amides is 1. The minimum absolute atomic E-state index is 0. The van der Waals surface area contributed by atoms with Crippen LogP contribution in [0.2, 0.25) is 0 Å². The number of carbonyl (C=O) groups is 1. The fraction of sp³-hybridized carbons (Fsp3) is 0.409. The molecule has 0 saturated heterocycles. The Labute approximate surface area is 168 Å². The summed E-state index contributed by atoms with van der Waals surface area (Å²) in [5, 5.41) is 14.2. The van der Waals surface area contributed by atoms with Crippen LogP contribution in [0.25, 0.3) is 0 Å². The lowest BCUT2D eigenvalue weighted by molar-refractivity contribution is 0.0995. The molecule has 4 N–H and O–H groups in total. The molecular formula is C22H31ClN2O2. The second kappa shape index (κ2) is 11.8. The number of halogens is 1. The molecule has 5 heteroatoms. The average molecular weight is 391 g/mol. The van der Waals surface area contributed by atoms with Crippen molar-refractivity contribution in [2.24, 2.45) is 11.7 Å². The molecule has 0 radical (unpaired) electrons. The highest BCUT2D eigenvalue weighted by molar-refractivity contribution is 5.94. The van der Waals surface area contributed by atoms with Gasteiger partial charge in [-0.05, 0) is 42.5 Å². The second-order valence-electron chi connectivity index (χ2n) is 7.20. The van der Waals surface area contributed by atoms with Crippen LogP contribution in [-0.4, -0.2) is 30.2 Å². The molecule has 0 spiro atoms. The highest BCUT2D eigenvalue weighted by Crippen LogP contribution is 2.27. The maximum Gasteiger partial charge on any atom is 0.248 e. The Morgan fingerprint density at radius 1 is 1.07 bits per heavy atom. The van der Waals surface area contributed by atoms with E-state index in [0.717, 1.165) is 24.1 Å². The summed E-state index contributed by atoms with van der Waals surface area (Å²) in [7, 11) is 0. The van der Waals surface area contributed by atoms with E-state index in [1.54, 1.807) is 12.1 Å². The van der Waals surface area contributed by atoms with E-state index in [9.17, 15) is 9.90 Å². The van der Waals surface area contributed by atoms with Gasteiger partial charge in [0, 0.05) is 18.0 Å². The predicted molar refractivity (Wildman–Crippen MR) is 113 cm³/mol. The summed E-state index contributed by atoms with van der Waals surface area (Å²) in [6.45, 7) is 5.71. The molecule has 0 aliphatic rings. The molecule has 2 atom stereocenters. The van der Waals surface area contributed by atoms with Crippen LogP contribution < -0.4 is 11.1 Å². The van der Waals surface area contributed by atoms with E-state index < -0.39 is 12.0 Å². The standard InChI is InChI=1S/C22H30N2O2.ClH/c1-16(2)12-13-24-15-21(25)20(14-17-8-4-3-5-9-17)18-10-6-7-11-19(18)22(23)26;/h3-11,16,20-21,24-25H,12-15H2,1-2H3,(H2,23,26);1H/t20-,21-;/m0./s1. The second-order valence-corrected chi connectivity index (χ2v) is 7.20. The molecule has 2 rings (SSSR count). The molecule has 0 aromatic heterocycles. The fourth-order valence-corrected chi connectivity index (χ4v) is 3.15. The zero-order valence-electron chi connectivity index (χ0n) is 16.1. The number of amides is 1. The molecule has 0 unspecified atom stereocenters. The lowest BCUT2D eigenvalue weighted by atomic mass is 9.84. The molecule has 0 aliphatic carbocycles. The molecule has 0 heterocycles. The Morgan fingerprint density at radius 3 is 2.33 bits per heavy atom. The summed E-state index contributed by atoms with van der Waals surface area (Å²) in [6, 6.07) is 17.3. The van der Waals surface area contributed by atoms with Gasteiger partial charge in [-0.15, -0.1) is 12.4 Å². The van der Waals surface area contributed by atoms with E-state index in [4.69, 9.17) is 5.73 Å². The molecule has 4 nitrogen and oxygen atoms in total. The van der Waals surface area contributed by atoms with Crippen molar-refractivity contribution in [3.63, 3.8) is 0 Å². The van der Waals surface area contributed by atoms with Gasteiger partial charge >= 0.3 is 0 Å². The number of nitrogens with two attached hydrogens (primary N) is 1. The quantitative estimate of drug-likeness (QED) is 0.543. The number of hydrogen-bond acceptors (Lipinski definition) is 3. The van der Waals surface area contributed by atoms with Crippen molar-refractivity contribution >= 4 is 18.3 Å². The number of aliphatic hydroxyl groups excluding tert-OH is 1. The van der Waals surface area contributed by atoms with E-state index in [0.29, 0.717) is 24.4 Å². The van der Waals surface area contributed by atoms with Crippen LogP contribution in [0.5, 0.6) is 0 Å². The molecular weight excluding hydrogens is 360 g/mol. The van der Waals surface area contributed by atoms with Gasteiger partial charge in [0.05, 0.1) is 6.10 Å². The van der Waals surface area contributed by atoms with Crippen molar-refractivity contribution < 1.29 is 9.90 Å². The van der Waals surface area contributed by atoms with Gasteiger partial charge < -0.3 is 16.2 Å². The maximum absolute atomic E-state index is 11.9. The van der Waals surface area contributed by atoms with Crippen molar-refractivity contribution in [1.29, 1.82) is 0 Å². The third kappa shape index (κ3) is 7.33. The highest BCUT2D eigenvalue weighted by atomic mass is 35.5. The highest BCUT2D eigenvalue weighted by Gasteiger charge is 2.25. The molecule has 2 aromatic carbocycles. The maximum atomic E-state index is 11.9. The van der Waals surface area contributed by atoms with E-state index >= 15 is 0 Å². The first kappa shape index (κ1) is 23.2. The topological polar surface area (TPSA) is 75.3 Å². The van der Waals surface area contributed by atoms with Gasteiger partial charge in [-0.25, -0.2) is 0 Å². The first-order valence-corrected chi connectivity index (χ1v) is 9.30. The third-order valence-electron chi connectivity index (χ3n) is 4.64. The summed E-state index contributed by atoms with van der Waals surface area (Å²) in [5.74, 6) is -0.0402. The third-order valence-corrected chi connectivity index (χ3v) is 4.64. The van der Waals surface area contributed by atoms with Crippen LogP contribution in [0.3, 0.4) is 0 Å². The largest absolute Gasteiger partial charge is 0.391 e. The molecule has 1 amide bonds. The summed E-state index contributed by atoms with van der Waals surface area (Å²) >= 11 is 0. The Hall–Kier alpha value is -1.88. The van der Waals surface area contributed by atoms with E-state index in [-0.39, 0.29) is 18.3 Å². The molecule has 0 fully saturated rings. The van der Waals surface area contributed by atoms with Crippen LogP contribution in [0.15, 0.2) is 54.6 Å². The fourth-order valence-electron chi connectivity index (χ4n) is 3.15. The Morgan fingerprint density at radius 2 is 1.70 bits per heavy atom. The molecule has 148 valence electrons. The van der Waals surface area contributed by atoms with Gasteiger partial charge in [0.1, 0.15) is 0 Å². The summed E-state index contributed by atoms with van der Waals surface area (Å²) in [5.41, 5.74) is 7.98. The van der Waals surface area contributed by atoms with Crippen molar-refractivity contribution in [2.45, 2.75) is 38.7 Å². The van der Waals surface area contributed by atoms with Gasteiger partial charge in [-0.2, -0.15) is 0 Å². The number of carbonyl (C=O) groups excluding carboxylic acids is 1. The average Bonchev–Trinajstić information content (AvgIpc) is 2.63. The van der Waals surface area contributed by atoms with Gasteiger partial charge in [0.2, 0.25) is 5.91 Å². The minimum Gasteiger partial charge on any atom is -0.391 e. The Bertz CT molecular complexity index is 692. The SMILES string of the molecule is CC(C)CCNC[C@H](O)[C@@H](Cc1ccccc1)c1ccccc1C(N)=O.Cl. The van der Waals surface area contributed by atoms with Crippen LogP contribution in [-0.2, 0) is 6.42 Å². The van der Waals surface area contributed by atoms with Crippen LogP contribution in [0, 0.1) is 5.92 Å². The number of hydrogen-bond donors (Lipinski definition) is 3. The van der Waals surface area contributed by atoms with Gasteiger partial charge in [0.15, 0.2) is 0 Å². The zero-order chi connectivity index (χ0) is 18.9. The van der Waals surface area contributed by atoms with Gasteiger partial charge in [-0.1, -0.05) is 62.4 Å². The normalized spacial score (nSPS) is 13.0.